The van der Waals surface area contributed by atoms with Crippen LogP contribution in [0.1, 0.15) is 4.88 Å². The molecule has 0 spiro atoms. The normalized spacial score (nSPS) is 10.1. The second-order valence-electron chi connectivity index (χ2n) is 2.66. The number of pyridine rings is 1. The second-order valence-corrected chi connectivity index (χ2v) is 3.69. The number of aromatic nitrogens is 1. The summed E-state index contributed by atoms with van der Waals surface area (Å²) in [6, 6.07) is 7.09. The van der Waals surface area contributed by atoms with Gasteiger partial charge in [0.25, 0.3) is 5.95 Å². The number of nitrogens with zero attached hydrogens (tertiary/aromatic N) is 1. The lowest BCUT2D eigenvalue weighted by molar-refractivity contribution is 0.289. The Hall–Kier alpha value is -1.42. The lowest BCUT2D eigenvalue weighted by Gasteiger charge is -2.03. The van der Waals surface area contributed by atoms with Crippen molar-refractivity contribution in [2.24, 2.45) is 0 Å². The van der Waals surface area contributed by atoms with Crippen LogP contribution >= 0.6 is 11.3 Å². The molecule has 0 N–H and O–H groups in total. The first-order valence-corrected chi connectivity index (χ1v) is 5.00. The van der Waals surface area contributed by atoms with Crippen molar-refractivity contribution >= 4 is 11.3 Å². The van der Waals surface area contributed by atoms with Crippen LogP contribution in [0.2, 0.25) is 0 Å². The minimum atomic E-state index is -0.566. The summed E-state index contributed by atoms with van der Waals surface area (Å²) in [5.74, 6) is -0.370. The zero-order valence-electron chi connectivity index (χ0n) is 7.31. The Bertz CT molecular complexity index is 402. The number of ether oxygens (including phenoxy) is 1. The Morgan fingerprint density at radius 1 is 1.36 bits per heavy atom. The minimum Gasteiger partial charge on any atom is -0.483 e. The van der Waals surface area contributed by atoms with Crippen LogP contribution in [0.4, 0.5) is 4.39 Å². The lowest BCUT2D eigenvalue weighted by atomic mass is 10.4. The van der Waals surface area contributed by atoms with Crippen molar-refractivity contribution in [3.05, 3.63) is 46.7 Å². The summed E-state index contributed by atoms with van der Waals surface area (Å²) in [6.07, 6.45) is 1.40. The SMILES string of the molecule is Fc1ncccc1OCc1cccs1. The molecule has 2 aromatic rings. The smallest absolute Gasteiger partial charge is 0.255 e. The highest BCUT2D eigenvalue weighted by Crippen LogP contribution is 2.16. The molecule has 0 saturated carbocycles. The highest BCUT2D eigenvalue weighted by molar-refractivity contribution is 7.09. The fraction of sp³-hybridized carbons (Fsp3) is 0.100. The molecule has 0 aliphatic heterocycles. The van der Waals surface area contributed by atoms with Crippen LogP contribution < -0.4 is 4.74 Å². The van der Waals surface area contributed by atoms with Gasteiger partial charge in [-0.25, -0.2) is 4.98 Å². The lowest BCUT2D eigenvalue weighted by Crippen LogP contribution is -1.96. The fourth-order valence-electron chi connectivity index (χ4n) is 1.02. The Morgan fingerprint density at radius 3 is 3.00 bits per heavy atom. The molecule has 14 heavy (non-hydrogen) atoms. The first-order valence-electron chi connectivity index (χ1n) is 4.12. The van der Waals surface area contributed by atoms with E-state index in [9.17, 15) is 4.39 Å². The van der Waals surface area contributed by atoms with E-state index in [1.165, 1.54) is 6.20 Å². The topological polar surface area (TPSA) is 22.1 Å². The van der Waals surface area contributed by atoms with Crippen molar-refractivity contribution in [3.8, 4) is 5.75 Å². The summed E-state index contributed by atoms with van der Waals surface area (Å²) in [4.78, 5) is 4.55. The van der Waals surface area contributed by atoms with Gasteiger partial charge in [-0.2, -0.15) is 4.39 Å². The van der Waals surface area contributed by atoms with Crippen molar-refractivity contribution in [1.29, 1.82) is 0 Å². The van der Waals surface area contributed by atoms with E-state index >= 15 is 0 Å². The Morgan fingerprint density at radius 2 is 2.29 bits per heavy atom. The molecule has 0 radical (unpaired) electrons. The first-order chi connectivity index (χ1) is 6.86. The van der Waals surface area contributed by atoms with Crippen LogP contribution in [0.15, 0.2) is 35.8 Å². The number of hydrogen-bond acceptors (Lipinski definition) is 3. The maximum atomic E-state index is 13.0. The Labute approximate surface area is 85.0 Å². The van der Waals surface area contributed by atoms with E-state index in [1.807, 2.05) is 17.5 Å². The average Bonchev–Trinajstić information content (AvgIpc) is 2.69. The third-order valence-corrected chi connectivity index (χ3v) is 2.52. The molecule has 0 aromatic carbocycles. The van der Waals surface area contributed by atoms with Crippen LogP contribution in [0, 0.1) is 5.95 Å². The summed E-state index contributed by atoms with van der Waals surface area (Å²) in [7, 11) is 0. The van der Waals surface area contributed by atoms with E-state index < -0.39 is 5.95 Å². The molecule has 4 heteroatoms. The summed E-state index contributed by atoms with van der Waals surface area (Å²) >= 11 is 1.58. The van der Waals surface area contributed by atoms with Crippen LogP contribution in [-0.4, -0.2) is 4.98 Å². The zero-order valence-corrected chi connectivity index (χ0v) is 8.13. The maximum absolute atomic E-state index is 13.0. The van der Waals surface area contributed by atoms with Gasteiger partial charge in [0.1, 0.15) is 6.61 Å². The van der Waals surface area contributed by atoms with Gasteiger partial charge in [0.15, 0.2) is 5.75 Å². The number of rotatable bonds is 3. The summed E-state index contributed by atoms with van der Waals surface area (Å²) in [5.41, 5.74) is 0. The molecule has 0 aliphatic carbocycles. The van der Waals surface area contributed by atoms with Gasteiger partial charge in [-0.05, 0) is 23.6 Å². The van der Waals surface area contributed by atoms with Crippen LogP contribution in [-0.2, 0) is 6.61 Å². The predicted molar refractivity (Wildman–Crippen MR) is 52.8 cm³/mol. The van der Waals surface area contributed by atoms with Gasteiger partial charge in [0.05, 0.1) is 0 Å². The monoisotopic (exact) mass is 209 g/mol. The second kappa shape index (κ2) is 4.19. The van der Waals surface area contributed by atoms with E-state index in [4.69, 9.17) is 4.74 Å². The number of halogens is 1. The van der Waals surface area contributed by atoms with Crippen molar-refractivity contribution in [2.45, 2.75) is 6.61 Å². The van der Waals surface area contributed by atoms with Gasteiger partial charge in [-0.15, -0.1) is 11.3 Å². The molecular weight excluding hydrogens is 201 g/mol. The van der Waals surface area contributed by atoms with Gasteiger partial charge in [0.2, 0.25) is 0 Å². The van der Waals surface area contributed by atoms with E-state index in [2.05, 4.69) is 4.98 Å². The van der Waals surface area contributed by atoms with E-state index in [-0.39, 0.29) is 5.75 Å². The van der Waals surface area contributed by atoms with E-state index in [1.54, 1.807) is 23.5 Å². The molecule has 0 bridgehead atoms. The highest BCUT2D eigenvalue weighted by Gasteiger charge is 2.03. The molecule has 0 fully saturated rings. The van der Waals surface area contributed by atoms with Crippen molar-refractivity contribution in [2.75, 3.05) is 0 Å². The van der Waals surface area contributed by atoms with Gasteiger partial charge < -0.3 is 4.74 Å². The minimum absolute atomic E-state index is 0.195. The van der Waals surface area contributed by atoms with Crippen LogP contribution in [0.3, 0.4) is 0 Å². The molecule has 0 aliphatic rings. The van der Waals surface area contributed by atoms with Gasteiger partial charge in [-0.3, -0.25) is 0 Å². The Balaban J connectivity index is 2.02. The third kappa shape index (κ3) is 2.09. The predicted octanol–water partition coefficient (Wildman–Crippen LogP) is 2.86. The fourth-order valence-corrected chi connectivity index (χ4v) is 1.64. The third-order valence-electron chi connectivity index (χ3n) is 1.67. The summed E-state index contributed by atoms with van der Waals surface area (Å²) in [6.45, 7) is 0.389. The zero-order chi connectivity index (χ0) is 9.80. The number of thiophene rings is 1. The standard InChI is InChI=1S/C10H8FNOS/c11-10-9(4-1-5-12-10)13-7-8-3-2-6-14-8/h1-6H,7H2. The van der Waals surface area contributed by atoms with Gasteiger partial charge >= 0.3 is 0 Å². The maximum Gasteiger partial charge on any atom is 0.255 e. The van der Waals surface area contributed by atoms with Gasteiger partial charge in [0, 0.05) is 11.1 Å². The van der Waals surface area contributed by atoms with Gasteiger partial charge in [-0.1, -0.05) is 6.07 Å². The van der Waals surface area contributed by atoms with Crippen molar-refractivity contribution in [1.82, 2.24) is 4.98 Å². The molecule has 2 aromatic heterocycles. The molecule has 0 atom stereocenters. The average molecular weight is 209 g/mol. The first kappa shape index (κ1) is 9.15. The van der Waals surface area contributed by atoms with Crippen LogP contribution in [0.25, 0.3) is 0 Å². The van der Waals surface area contributed by atoms with Crippen molar-refractivity contribution < 1.29 is 9.13 Å². The van der Waals surface area contributed by atoms with Crippen LogP contribution in [0.5, 0.6) is 5.75 Å². The quantitative estimate of drug-likeness (QED) is 0.725. The molecule has 0 amide bonds. The summed E-state index contributed by atoms with van der Waals surface area (Å²) in [5, 5.41) is 1.96. The van der Waals surface area contributed by atoms with E-state index in [0.717, 1.165) is 4.88 Å². The largest absolute Gasteiger partial charge is 0.483 e. The molecular formula is C10H8FNOS. The highest BCUT2D eigenvalue weighted by atomic mass is 32.1. The van der Waals surface area contributed by atoms with Crippen molar-refractivity contribution in [3.63, 3.8) is 0 Å². The molecule has 2 rings (SSSR count). The molecule has 2 nitrogen and oxygen atoms in total. The molecule has 0 saturated heterocycles. The molecule has 2 heterocycles. The number of hydrogen-bond donors (Lipinski definition) is 0. The summed E-state index contributed by atoms with van der Waals surface area (Å²) < 4.78 is 18.2. The molecule has 72 valence electrons. The molecule has 0 unspecified atom stereocenters. The van der Waals surface area contributed by atoms with E-state index in [0.29, 0.717) is 6.61 Å². The Kier molecular flexibility index (Phi) is 2.74.